The Morgan fingerprint density at radius 1 is 1.09 bits per heavy atom. The van der Waals surface area contributed by atoms with Gasteiger partial charge in [0.25, 0.3) is 5.95 Å². The third kappa shape index (κ3) is 5.33. The number of hydrogen-bond donors (Lipinski definition) is 1. The maximum Gasteiger partial charge on any atom is 0.317 e. The van der Waals surface area contributed by atoms with E-state index < -0.39 is 0 Å². The molecule has 3 heterocycles. The van der Waals surface area contributed by atoms with Crippen LogP contribution in [0.2, 0.25) is 5.02 Å². The summed E-state index contributed by atoms with van der Waals surface area (Å²) in [5.41, 5.74) is 3.41. The minimum Gasteiger partial charge on any atom is -0.334 e. The molecule has 0 radical (unpaired) electrons. The fourth-order valence-corrected chi connectivity index (χ4v) is 4.43. The summed E-state index contributed by atoms with van der Waals surface area (Å²) in [6.07, 6.45) is 5.11. The quantitative estimate of drug-likeness (QED) is 0.416. The van der Waals surface area contributed by atoms with Crippen LogP contribution >= 0.6 is 11.6 Å². The van der Waals surface area contributed by atoms with E-state index in [0.29, 0.717) is 36.3 Å². The number of halogens is 2. The van der Waals surface area contributed by atoms with Crippen molar-refractivity contribution >= 4 is 17.6 Å². The number of carbonyl (C=O) groups excluding carboxylic acids is 1. The lowest BCUT2D eigenvalue weighted by Gasteiger charge is -2.32. The topological polar surface area (TPSA) is 75.9 Å². The van der Waals surface area contributed by atoms with Crippen LogP contribution in [0.5, 0.6) is 0 Å². The first-order chi connectivity index (χ1) is 17.1. The molecule has 0 spiro atoms. The monoisotopic (exact) mass is 490 g/mol. The normalized spacial score (nSPS) is 15.7. The van der Waals surface area contributed by atoms with Gasteiger partial charge in [0.1, 0.15) is 5.82 Å². The van der Waals surface area contributed by atoms with Crippen LogP contribution in [0.15, 0.2) is 73.1 Å². The number of urea groups is 1. The molecule has 0 bridgehead atoms. The molecule has 2 aromatic carbocycles. The molecule has 35 heavy (non-hydrogen) atoms. The molecule has 0 saturated carbocycles. The number of nitrogens with zero attached hydrogens (tertiary/aromatic N) is 5. The lowest BCUT2D eigenvalue weighted by atomic mass is 9.94. The second-order valence-corrected chi connectivity index (χ2v) is 8.93. The Labute approximate surface area is 207 Å². The molecule has 2 aromatic heterocycles. The molecule has 2 amide bonds. The zero-order valence-corrected chi connectivity index (χ0v) is 19.7. The molecule has 1 aliphatic heterocycles. The van der Waals surface area contributed by atoms with E-state index in [1.165, 1.54) is 12.1 Å². The predicted molar refractivity (Wildman–Crippen MR) is 132 cm³/mol. The van der Waals surface area contributed by atoms with Gasteiger partial charge in [-0.25, -0.2) is 23.8 Å². The Bertz CT molecular complexity index is 1290. The lowest BCUT2D eigenvalue weighted by Crippen LogP contribution is -2.45. The Morgan fingerprint density at radius 3 is 2.57 bits per heavy atom. The zero-order chi connectivity index (χ0) is 24.2. The number of aromatic nitrogens is 4. The van der Waals surface area contributed by atoms with E-state index in [-0.39, 0.29) is 17.8 Å². The predicted octanol–water partition coefficient (Wildman–Crippen LogP) is 5.21. The maximum absolute atomic E-state index is 13.5. The largest absolute Gasteiger partial charge is 0.334 e. The fraction of sp³-hybridized carbons (Fsp3) is 0.231. The minimum atomic E-state index is -0.299. The van der Waals surface area contributed by atoms with Crippen molar-refractivity contribution < 1.29 is 9.18 Å². The number of benzene rings is 2. The Hall–Kier alpha value is -3.78. The summed E-state index contributed by atoms with van der Waals surface area (Å²) in [4.78, 5) is 23.5. The number of rotatable bonds is 5. The first-order valence-corrected chi connectivity index (χ1v) is 11.8. The molecular weight excluding hydrogens is 467 g/mol. The number of nitrogens with one attached hydrogen (secondary N) is 1. The van der Waals surface area contributed by atoms with Crippen molar-refractivity contribution in [3.8, 4) is 17.2 Å². The van der Waals surface area contributed by atoms with Crippen LogP contribution in [0.1, 0.15) is 30.0 Å². The summed E-state index contributed by atoms with van der Waals surface area (Å²) >= 11 is 5.95. The summed E-state index contributed by atoms with van der Waals surface area (Å²) in [5, 5.41) is 8.42. The average Bonchev–Trinajstić information content (AvgIpc) is 3.35. The third-order valence-electron chi connectivity index (χ3n) is 6.10. The van der Waals surface area contributed by atoms with E-state index in [9.17, 15) is 9.18 Å². The van der Waals surface area contributed by atoms with Crippen LogP contribution in [0.4, 0.5) is 9.18 Å². The van der Waals surface area contributed by atoms with E-state index in [0.717, 1.165) is 29.7 Å². The maximum atomic E-state index is 13.5. The number of carbonyl (C=O) groups is 1. The van der Waals surface area contributed by atoms with Crippen LogP contribution in [-0.4, -0.2) is 43.8 Å². The van der Waals surface area contributed by atoms with E-state index in [4.69, 9.17) is 16.7 Å². The summed E-state index contributed by atoms with van der Waals surface area (Å²) < 4.78 is 15.2. The van der Waals surface area contributed by atoms with Crippen molar-refractivity contribution in [2.75, 3.05) is 13.1 Å². The van der Waals surface area contributed by atoms with Gasteiger partial charge < -0.3 is 10.2 Å². The van der Waals surface area contributed by atoms with E-state index in [2.05, 4.69) is 15.3 Å². The first-order valence-electron chi connectivity index (χ1n) is 11.5. The van der Waals surface area contributed by atoms with E-state index in [1.54, 1.807) is 35.3 Å². The van der Waals surface area contributed by atoms with Crippen molar-refractivity contribution in [1.29, 1.82) is 0 Å². The van der Waals surface area contributed by atoms with Gasteiger partial charge in [-0.1, -0.05) is 23.7 Å². The van der Waals surface area contributed by atoms with Gasteiger partial charge in [0.15, 0.2) is 0 Å². The van der Waals surface area contributed by atoms with Crippen LogP contribution in [0.25, 0.3) is 17.2 Å². The van der Waals surface area contributed by atoms with Crippen molar-refractivity contribution in [3.05, 3.63) is 95.2 Å². The molecule has 1 N–H and O–H groups in total. The molecule has 1 saturated heterocycles. The fourth-order valence-electron chi connectivity index (χ4n) is 4.30. The van der Waals surface area contributed by atoms with Crippen LogP contribution < -0.4 is 5.32 Å². The summed E-state index contributed by atoms with van der Waals surface area (Å²) in [6, 6.07) is 17.3. The van der Waals surface area contributed by atoms with Gasteiger partial charge in [-0.15, -0.1) is 0 Å². The van der Waals surface area contributed by atoms with Gasteiger partial charge in [0.2, 0.25) is 0 Å². The molecule has 1 aliphatic rings. The van der Waals surface area contributed by atoms with Crippen molar-refractivity contribution in [3.63, 3.8) is 0 Å². The highest BCUT2D eigenvalue weighted by atomic mass is 35.5. The van der Waals surface area contributed by atoms with Gasteiger partial charge >= 0.3 is 6.03 Å². The second-order valence-electron chi connectivity index (χ2n) is 8.49. The first kappa shape index (κ1) is 23.0. The number of hydrogen-bond acceptors (Lipinski definition) is 4. The van der Waals surface area contributed by atoms with E-state index >= 15 is 0 Å². The van der Waals surface area contributed by atoms with Crippen LogP contribution in [0.3, 0.4) is 0 Å². The summed E-state index contributed by atoms with van der Waals surface area (Å²) in [6.45, 7) is 1.67. The Morgan fingerprint density at radius 2 is 1.83 bits per heavy atom. The average molecular weight is 491 g/mol. The SMILES string of the molecule is O=C(NCc1ccc(Cl)cc1)N1CCCC(c2cc(-c3ccc(F)cc3)nn2-c2ncccn2)C1. The minimum absolute atomic E-state index is 0.0514. The standard InChI is InChI=1S/C26H24ClFN6O/c27-21-8-4-18(5-9-21)16-31-26(35)33-14-1-3-20(17-33)24-15-23(19-6-10-22(28)11-7-19)32-34(24)25-29-12-2-13-30-25/h2,4-13,15,20H,1,3,14,16-17H2,(H,31,35). The highest BCUT2D eigenvalue weighted by molar-refractivity contribution is 6.30. The third-order valence-corrected chi connectivity index (χ3v) is 6.35. The van der Waals surface area contributed by atoms with Gasteiger partial charge in [-0.2, -0.15) is 5.10 Å². The number of likely N-dealkylation sites (tertiary alicyclic amines) is 1. The highest BCUT2D eigenvalue weighted by Gasteiger charge is 2.28. The zero-order valence-electron chi connectivity index (χ0n) is 18.9. The number of piperidine rings is 1. The summed E-state index contributed by atoms with van der Waals surface area (Å²) in [7, 11) is 0. The van der Waals surface area contributed by atoms with Gasteiger partial charge in [-0.3, -0.25) is 0 Å². The molecule has 4 aromatic rings. The lowest BCUT2D eigenvalue weighted by molar-refractivity contribution is 0.178. The smallest absolute Gasteiger partial charge is 0.317 e. The van der Waals surface area contributed by atoms with Gasteiger partial charge in [0, 0.05) is 48.5 Å². The highest BCUT2D eigenvalue weighted by Crippen LogP contribution is 2.31. The Kier molecular flexibility index (Phi) is 6.72. The van der Waals surface area contributed by atoms with Crippen LogP contribution in [0, 0.1) is 5.82 Å². The molecule has 9 heteroatoms. The molecular formula is C26H24ClFN6O. The molecule has 1 atom stereocenters. The molecule has 0 aliphatic carbocycles. The number of amides is 2. The molecule has 7 nitrogen and oxygen atoms in total. The Balaban J connectivity index is 1.37. The summed E-state index contributed by atoms with van der Waals surface area (Å²) in [5.74, 6) is 0.211. The van der Waals surface area contributed by atoms with Gasteiger partial charge in [-0.05, 0) is 66.9 Å². The van der Waals surface area contributed by atoms with E-state index in [1.807, 2.05) is 35.2 Å². The molecule has 1 fully saturated rings. The second kappa shape index (κ2) is 10.2. The van der Waals surface area contributed by atoms with Crippen LogP contribution in [-0.2, 0) is 6.54 Å². The molecule has 1 unspecified atom stereocenters. The van der Waals surface area contributed by atoms with Crippen molar-refractivity contribution in [1.82, 2.24) is 30.0 Å². The molecule has 178 valence electrons. The van der Waals surface area contributed by atoms with Crippen molar-refractivity contribution in [2.24, 2.45) is 0 Å². The molecule has 5 rings (SSSR count). The van der Waals surface area contributed by atoms with Gasteiger partial charge in [0.05, 0.1) is 11.4 Å². The van der Waals surface area contributed by atoms with Crippen molar-refractivity contribution in [2.45, 2.75) is 25.3 Å².